The van der Waals surface area contributed by atoms with Crippen LogP contribution in [0.25, 0.3) is 0 Å². The van der Waals surface area contributed by atoms with Gasteiger partial charge in [0.25, 0.3) is 0 Å². The van der Waals surface area contributed by atoms with Crippen LogP contribution in [0.4, 0.5) is 0 Å². The fraction of sp³-hybridized carbons (Fsp3) is 0.733. The quantitative estimate of drug-likeness (QED) is 0.476. The van der Waals surface area contributed by atoms with E-state index in [4.69, 9.17) is 4.74 Å². The maximum absolute atomic E-state index is 5.65. The summed E-state index contributed by atoms with van der Waals surface area (Å²) in [5, 5.41) is 0. The average Bonchev–Trinajstić information content (AvgIpc) is 2.25. The lowest BCUT2D eigenvalue weighted by atomic mass is 9.81. The Balaban J connectivity index is 2.56. The molecule has 3 heteroatoms. The van der Waals surface area contributed by atoms with Crippen molar-refractivity contribution in [3.8, 4) is 0 Å². The van der Waals surface area contributed by atoms with E-state index in [9.17, 15) is 0 Å². The standard InChI is InChI=1S/C15H26N2O/c1-5-17-14(13-7-6-8-13)11-15(16-4)18-10-9-12(2)3/h11-13H,4-10H2,1-3H3/b15-11+,17-14?. The summed E-state index contributed by atoms with van der Waals surface area (Å²) >= 11 is 0. The Morgan fingerprint density at radius 1 is 1.44 bits per heavy atom. The minimum Gasteiger partial charge on any atom is -0.478 e. The van der Waals surface area contributed by atoms with Crippen molar-refractivity contribution in [2.24, 2.45) is 21.8 Å². The molecule has 0 saturated heterocycles. The molecule has 0 atom stereocenters. The van der Waals surface area contributed by atoms with Crippen molar-refractivity contribution in [2.45, 2.75) is 46.5 Å². The zero-order valence-electron chi connectivity index (χ0n) is 12.0. The normalized spacial score (nSPS) is 17.8. The minimum atomic E-state index is 0.607. The minimum absolute atomic E-state index is 0.607. The van der Waals surface area contributed by atoms with Gasteiger partial charge in [0.15, 0.2) is 0 Å². The van der Waals surface area contributed by atoms with Crippen molar-refractivity contribution >= 4 is 12.4 Å². The second kappa shape index (κ2) is 8.06. The fourth-order valence-corrected chi connectivity index (χ4v) is 1.84. The van der Waals surface area contributed by atoms with Gasteiger partial charge in [0.2, 0.25) is 5.88 Å². The SMILES string of the molecule is C=N/C(=C\C(=NCC)C1CCC1)OCCC(C)C. The molecule has 0 spiro atoms. The van der Waals surface area contributed by atoms with Gasteiger partial charge in [-0.3, -0.25) is 4.99 Å². The smallest absolute Gasteiger partial charge is 0.214 e. The molecular weight excluding hydrogens is 224 g/mol. The molecule has 1 fully saturated rings. The van der Waals surface area contributed by atoms with E-state index in [-0.39, 0.29) is 0 Å². The molecule has 3 nitrogen and oxygen atoms in total. The highest BCUT2D eigenvalue weighted by atomic mass is 16.5. The van der Waals surface area contributed by atoms with E-state index in [1.54, 1.807) is 0 Å². The monoisotopic (exact) mass is 250 g/mol. The molecule has 1 aliphatic rings. The first-order valence-corrected chi connectivity index (χ1v) is 7.03. The summed E-state index contributed by atoms with van der Waals surface area (Å²) in [4.78, 5) is 8.51. The van der Waals surface area contributed by atoms with E-state index in [0.717, 1.165) is 18.7 Å². The highest BCUT2D eigenvalue weighted by Gasteiger charge is 2.22. The number of allylic oxidation sites excluding steroid dienone is 1. The van der Waals surface area contributed by atoms with Crippen LogP contribution >= 0.6 is 0 Å². The fourth-order valence-electron chi connectivity index (χ4n) is 1.84. The number of nitrogens with zero attached hydrogens (tertiary/aromatic N) is 2. The summed E-state index contributed by atoms with van der Waals surface area (Å²) in [6.45, 7) is 11.5. The number of ether oxygens (including phenoxy) is 1. The lowest BCUT2D eigenvalue weighted by Crippen LogP contribution is -2.21. The van der Waals surface area contributed by atoms with E-state index in [2.05, 4.69) is 37.5 Å². The molecule has 0 aromatic carbocycles. The largest absolute Gasteiger partial charge is 0.478 e. The molecule has 18 heavy (non-hydrogen) atoms. The summed E-state index contributed by atoms with van der Waals surface area (Å²) in [5.41, 5.74) is 1.13. The molecule has 1 aliphatic carbocycles. The first-order valence-electron chi connectivity index (χ1n) is 7.03. The molecule has 102 valence electrons. The molecule has 0 aromatic rings. The predicted molar refractivity (Wildman–Crippen MR) is 78.4 cm³/mol. The van der Waals surface area contributed by atoms with Crippen molar-refractivity contribution in [3.63, 3.8) is 0 Å². The van der Waals surface area contributed by atoms with Crippen LogP contribution in [0.1, 0.15) is 46.5 Å². The van der Waals surface area contributed by atoms with Crippen LogP contribution in [-0.4, -0.2) is 25.6 Å². The summed E-state index contributed by atoms with van der Waals surface area (Å²) in [7, 11) is 0. The molecule has 0 N–H and O–H groups in total. The second-order valence-electron chi connectivity index (χ2n) is 5.20. The Morgan fingerprint density at radius 2 is 2.17 bits per heavy atom. The number of hydrogen-bond donors (Lipinski definition) is 0. The van der Waals surface area contributed by atoms with Crippen molar-refractivity contribution in [1.29, 1.82) is 0 Å². The van der Waals surface area contributed by atoms with Gasteiger partial charge in [0.05, 0.1) is 6.61 Å². The Labute approximate surface area is 111 Å². The molecule has 1 saturated carbocycles. The Hall–Kier alpha value is -1.12. The summed E-state index contributed by atoms with van der Waals surface area (Å²) in [6, 6.07) is 0. The van der Waals surface area contributed by atoms with Gasteiger partial charge < -0.3 is 4.74 Å². The van der Waals surface area contributed by atoms with Crippen molar-refractivity contribution < 1.29 is 4.74 Å². The van der Waals surface area contributed by atoms with Crippen LogP contribution in [-0.2, 0) is 4.74 Å². The van der Waals surface area contributed by atoms with Crippen LogP contribution in [0.2, 0.25) is 0 Å². The maximum atomic E-state index is 5.65. The number of aliphatic imine (C=N–C) groups is 2. The Bertz CT molecular complexity index is 314. The molecule has 0 bridgehead atoms. The molecule has 0 aromatic heterocycles. The third-order valence-electron chi connectivity index (χ3n) is 3.24. The molecule has 0 heterocycles. The van der Waals surface area contributed by atoms with Gasteiger partial charge in [0.1, 0.15) is 0 Å². The number of rotatable bonds is 8. The zero-order chi connectivity index (χ0) is 13.4. The van der Waals surface area contributed by atoms with Crippen molar-refractivity contribution in [1.82, 2.24) is 0 Å². The van der Waals surface area contributed by atoms with Gasteiger partial charge in [-0.15, -0.1) is 0 Å². The third-order valence-corrected chi connectivity index (χ3v) is 3.24. The van der Waals surface area contributed by atoms with E-state index < -0.39 is 0 Å². The molecule has 1 rings (SSSR count). The van der Waals surface area contributed by atoms with Crippen LogP contribution in [0, 0.1) is 11.8 Å². The number of hydrogen-bond acceptors (Lipinski definition) is 3. The van der Waals surface area contributed by atoms with Crippen LogP contribution in [0.15, 0.2) is 21.9 Å². The Morgan fingerprint density at radius 3 is 2.61 bits per heavy atom. The molecule has 0 unspecified atom stereocenters. The van der Waals surface area contributed by atoms with Crippen molar-refractivity contribution in [3.05, 3.63) is 12.0 Å². The van der Waals surface area contributed by atoms with Gasteiger partial charge in [-0.1, -0.05) is 20.3 Å². The average molecular weight is 250 g/mol. The van der Waals surface area contributed by atoms with Gasteiger partial charge in [-0.25, -0.2) is 4.99 Å². The lowest BCUT2D eigenvalue weighted by Gasteiger charge is -2.25. The molecule has 0 radical (unpaired) electrons. The first-order chi connectivity index (χ1) is 8.67. The second-order valence-corrected chi connectivity index (χ2v) is 5.20. The van der Waals surface area contributed by atoms with Crippen molar-refractivity contribution in [2.75, 3.05) is 13.2 Å². The van der Waals surface area contributed by atoms with Crippen LogP contribution in [0.3, 0.4) is 0 Å². The summed E-state index contributed by atoms with van der Waals surface area (Å²) in [5.74, 6) is 1.87. The highest BCUT2D eigenvalue weighted by molar-refractivity contribution is 5.97. The van der Waals surface area contributed by atoms with E-state index >= 15 is 0 Å². The third kappa shape index (κ3) is 5.03. The van der Waals surface area contributed by atoms with E-state index in [1.165, 1.54) is 19.3 Å². The van der Waals surface area contributed by atoms with Gasteiger partial charge in [-0.05, 0) is 38.8 Å². The maximum Gasteiger partial charge on any atom is 0.214 e. The van der Waals surface area contributed by atoms with Crippen LogP contribution < -0.4 is 0 Å². The summed E-state index contributed by atoms with van der Waals surface area (Å²) < 4.78 is 5.65. The van der Waals surface area contributed by atoms with E-state index in [1.807, 2.05) is 6.08 Å². The topological polar surface area (TPSA) is 34.0 Å². The van der Waals surface area contributed by atoms with Crippen LogP contribution in [0.5, 0.6) is 0 Å². The van der Waals surface area contributed by atoms with Gasteiger partial charge in [0, 0.05) is 24.3 Å². The molecule has 0 amide bonds. The first kappa shape index (κ1) is 14.9. The van der Waals surface area contributed by atoms with Gasteiger partial charge in [-0.2, -0.15) is 0 Å². The Kier molecular flexibility index (Phi) is 6.69. The zero-order valence-corrected chi connectivity index (χ0v) is 12.0. The van der Waals surface area contributed by atoms with E-state index in [0.29, 0.717) is 24.3 Å². The molecule has 0 aliphatic heterocycles. The summed E-state index contributed by atoms with van der Waals surface area (Å²) in [6.07, 6.45) is 6.81. The van der Waals surface area contributed by atoms with Gasteiger partial charge >= 0.3 is 0 Å². The highest BCUT2D eigenvalue weighted by Crippen LogP contribution is 2.29. The predicted octanol–water partition coefficient (Wildman–Crippen LogP) is 3.85. The molecular formula is C15H26N2O. The lowest BCUT2D eigenvalue weighted by molar-refractivity contribution is 0.194.